The summed E-state index contributed by atoms with van der Waals surface area (Å²) in [6.07, 6.45) is 3.24. The summed E-state index contributed by atoms with van der Waals surface area (Å²) in [5.74, 6) is 0.270. The normalized spacial score (nSPS) is 23.6. The number of rotatable bonds is 5. The first-order chi connectivity index (χ1) is 9.42. The van der Waals surface area contributed by atoms with Gasteiger partial charge in [-0.1, -0.05) is 46.6 Å². The van der Waals surface area contributed by atoms with Crippen LogP contribution in [0.5, 0.6) is 0 Å². The van der Waals surface area contributed by atoms with Crippen LogP contribution in [0.15, 0.2) is 17.5 Å². The average Bonchev–Trinajstić information content (AvgIpc) is 2.96. The van der Waals surface area contributed by atoms with Crippen molar-refractivity contribution in [3.05, 3.63) is 22.4 Å². The summed E-state index contributed by atoms with van der Waals surface area (Å²) >= 11 is 1.72. The predicted molar refractivity (Wildman–Crippen MR) is 84.7 cm³/mol. The number of thiophene rings is 1. The van der Waals surface area contributed by atoms with Crippen molar-refractivity contribution in [2.45, 2.75) is 59.2 Å². The topological polar surface area (TPSA) is 32.3 Å². The van der Waals surface area contributed by atoms with Crippen molar-refractivity contribution >= 4 is 17.2 Å². The molecular formula is C16H26N2OS. The third-order valence-corrected chi connectivity index (χ3v) is 4.48. The number of carbonyl (C=O) groups excluding carboxylic acids is 1. The van der Waals surface area contributed by atoms with E-state index >= 15 is 0 Å². The Morgan fingerprint density at radius 3 is 2.70 bits per heavy atom. The van der Waals surface area contributed by atoms with Gasteiger partial charge in [0, 0.05) is 11.4 Å². The van der Waals surface area contributed by atoms with E-state index in [1.807, 2.05) is 4.90 Å². The molecule has 2 atom stereocenters. The van der Waals surface area contributed by atoms with Gasteiger partial charge in [0.1, 0.15) is 6.17 Å². The molecule has 1 aliphatic rings. The monoisotopic (exact) mass is 294 g/mol. The summed E-state index contributed by atoms with van der Waals surface area (Å²) in [7, 11) is 0. The Balaban J connectivity index is 2.17. The van der Waals surface area contributed by atoms with Crippen molar-refractivity contribution in [1.82, 2.24) is 10.2 Å². The van der Waals surface area contributed by atoms with Crippen LogP contribution in [-0.2, 0) is 4.79 Å². The number of hydrogen-bond acceptors (Lipinski definition) is 3. The van der Waals surface area contributed by atoms with Crippen molar-refractivity contribution in [3.8, 4) is 0 Å². The highest BCUT2D eigenvalue weighted by molar-refractivity contribution is 7.10. The first-order valence-electron chi connectivity index (χ1n) is 7.52. The molecular weight excluding hydrogens is 268 g/mol. The van der Waals surface area contributed by atoms with Gasteiger partial charge in [-0.25, -0.2) is 0 Å². The van der Waals surface area contributed by atoms with E-state index in [0.29, 0.717) is 0 Å². The van der Waals surface area contributed by atoms with E-state index in [9.17, 15) is 4.79 Å². The molecule has 1 saturated heterocycles. The minimum Gasteiger partial charge on any atom is -0.320 e. The third kappa shape index (κ3) is 3.61. The Bertz CT molecular complexity index is 436. The summed E-state index contributed by atoms with van der Waals surface area (Å²) in [5, 5.41) is 5.62. The van der Waals surface area contributed by atoms with Crippen LogP contribution in [0, 0.1) is 5.41 Å². The number of amides is 1. The highest BCUT2D eigenvalue weighted by Gasteiger charge is 2.40. The highest BCUT2D eigenvalue weighted by Crippen LogP contribution is 2.32. The smallest absolute Gasteiger partial charge is 0.241 e. The molecule has 0 radical (unpaired) electrons. The van der Waals surface area contributed by atoms with E-state index in [0.717, 1.165) is 25.8 Å². The Hall–Kier alpha value is -0.870. The molecule has 1 fully saturated rings. The number of carbonyl (C=O) groups is 1. The summed E-state index contributed by atoms with van der Waals surface area (Å²) in [4.78, 5) is 15.9. The number of nitrogens with one attached hydrogen (secondary N) is 1. The number of unbranched alkanes of at least 4 members (excludes halogenated alkanes) is 1. The SMILES string of the molecule is CCCCC1NC(c2cccs2)N(CC(C)(C)C)C1=O. The maximum absolute atomic E-state index is 12.7. The first-order valence-corrected chi connectivity index (χ1v) is 8.40. The molecule has 0 aromatic carbocycles. The van der Waals surface area contributed by atoms with Gasteiger partial charge in [-0.2, -0.15) is 0 Å². The maximum atomic E-state index is 12.7. The zero-order valence-electron chi connectivity index (χ0n) is 13.0. The van der Waals surface area contributed by atoms with Crippen LogP contribution in [0.2, 0.25) is 0 Å². The van der Waals surface area contributed by atoms with Crippen molar-refractivity contribution in [3.63, 3.8) is 0 Å². The van der Waals surface area contributed by atoms with Gasteiger partial charge in [0.05, 0.1) is 6.04 Å². The fraction of sp³-hybridized carbons (Fsp3) is 0.688. The second kappa shape index (κ2) is 6.27. The van der Waals surface area contributed by atoms with Gasteiger partial charge in [-0.15, -0.1) is 11.3 Å². The molecule has 2 heterocycles. The third-order valence-electron chi connectivity index (χ3n) is 3.56. The molecule has 112 valence electrons. The van der Waals surface area contributed by atoms with Gasteiger partial charge >= 0.3 is 0 Å². The van der Waals surface area contributed by atoms with Gasteiger partial charge in [0.25, 0.3) is 0 Å². The van der Waals surface area contributed by atoms with Gasteiger partial charge in [0.2, 0.25) is 5.91 Å². The number of hydrogen-bond donors (Lipinski definition) is 1. The molecule has 1 amide bonds. The van der Waals surface area contributed by atoms with Gasteiger partial charge < -0.3 is 4.90 Å². The molecule has 0 spiro atoms. The van der Waals surface area contributed by atoms with Crippen molar-refractivity contribution < 1.29 is 4.79 Å². The summed E-state index contributed by atoms with van der Waals surface area (Å²) in [6.45, 7) is 9.52. The van der Waals surface area contributed by atoms with Crippen LogP contribution < -0.4 is 5.32 Å². The van der Waals surface area contributed by atoms with E-state index in [4.69, 9.17) is 0 Å². The minimum atomic E-state index is -0.00981. The zero-order chi connectivity index (χ0) is 14.8. The largest absolute Gasteiger partial charge is 0.320 e. The Labute approximate surface area is 126 Å². The van der Waals surface area contributed by atoms with Crippen LogP contribution in [0.4, 0.5) is 0 Å². The summed E-state index contributed by atoms with van der Waals surface area (Å²) in [5.41, 5.74) is 0.118. The Kier molecular flexibility index (Phi) is 4.86. The molecule has 0 aliphatic carbocycles. The highest BCUT2D eigenvalue weighted by atomic mass is 32.1. The molecule has 20 heavy (non-hydrogen) atoms. The van der Waals surface area contributed by atoms with Gasteiger partial charge in [-0.3, -0.25) is 10.1 Å². The quantitative estimate of drug-likeness (QED) is 0.896. The van der Waals surface area contributed by atoms with Crippen LogP contribution >= 0.6 is 11.3 Å². The summed E-state index contributed by atoms with van der Waals surface area (Å²) < 4.78 is 0. The molecule has 2 rings (SSSR count). The van der Waals surface area contributed by atoms with Gasteiger partial charge in [0.15, 0.2) is 0 Å². The molecule has 0 saturated carbocycles. The Morgan fingerprint density at radius 1 is 1.40 bits per heavy atom. The first kappa shape index (κ1) is 15.5. The molecule has 0 bridgehead atoms. The van der Waals surface area contributed by atoms with Crippen LogP contribution in [0.25, 0.3) is 0 Å². The van der Waals surface area contributed by atoms with E-state index in [1.54, 1.807) is 11.3 Å². The van der Waals surface area contributed by atoms with Crippen molar-refractivity contribution in [2.75, 3.05) is 6.54 Å². The molecule has 3 nitrogen and oxygen atoms in total. The minimum absolute atomic E-state index is 0.00981. The van der Waals surface area contributed by atoms with Gasteiger partial charge in [-0.05, 0) is 23.3 Å². The van der Waals surface area contributed by atoms with E-state index in [1.165, 1.54) is 4.88 Å². The lowest BCUT2D eigenvalue weighted by Crippen LogP contribution is -2.37. The lowest BCUT2D eigenvalue weighted by Gasteiger charge is -2.30. The molecule has 1 N–H and O–H groups in total. The molecule has 1 aromatic rings. The lowest BCUT2D eigenvalue weighted by atomic mass is 9.95. The van der Waals surface area contributed by atoms with E-state index in [-0.39, 0.29) is 23.5 Å². The molecule has 1 aliphatic heterocycles. The van der Waals surface area contributed by atoms with E-state index < -0.39 is 0 Å². The standard InChI is InChI=1S/C16H26N2OS/c1-5-6-8-12-15(19)18(11-16(2,3)4)14(17-12)13-9-7-10-20-13/h7,9-10,12,14,17H,5-6,8,11H2,1-4H3. The Morgan fingerprint density at radius 2 is 2.15 bits per heavy atom. The van der Waals surface area contributed by atoms with Crippen molar-refractivity contribution in [1.29, 1.82) is 0 Å². The average molecular weight is 294 g/mol. The maximum Gasteiger partial charge on any atom is 0.241 e. The number of nitrogens with zero attached hydrogens (tertiary/aromatic N) is 1. The molecule has 2 unspecified atom stereocenters. The predicted octanol–water partition coefficient (Wildman–Crippen LogP) is 3.78. The second-order valence-corrected chi connectivity index (χ2v) is 7.79. The van der Waals surface area contributed by atoms with E-state index in [2.05, 4.69) is 50.5 Å². The van der Waals surface area contributed by atoms with Crippen LogP contribution in [-0.4, -0.2) is 23.4 Å². The lowest BCUT2D eigenvalue weighted by molar-refractivity contribution is -0.131. The van der Waals surface area contributed by atoms with Crippen LogP contribution in [0.1, 0.15) is 58.0 Å². The second-order valence-electron chi connectivity index (χ2n) is 6.81. The molecule has 1 aromatic heterocycles. The summed E-state index contributed by atoms with van der Waals surface area (Å²) in [6, 6.07) is 4.17. The zero-order valence-corrected chi connectivity index (χ0v) is 13.8. The molecule has 4 heteroatoms. The fourth-order valence-corrected chi connectivity index (χ4v) is 3.45. The fourth-order valence-electron chi connectivity index (χ4n) is 2.66. The van der Waals surface area contributed by atoms with Crippen LogP contribution in [0.3, 0.4) is 0 Å². The van der Waals surface area contributed by atoms with Crippen molar-refractivity contribution in [2.24, 2.45) is 5.41 Å².